The van der Waals surface area contributed by atoms with E-state index in [1.807, 2.05) is 30.3 Å². The van der Waals surface area contributed by atoms with E-state index < -0.39 is 27.4 Å². The Hall–Kier alpha value is -2.42. The number of hydrogen-bond donors (Lipinski definition) is 1. The van der Waals surface area contributed by atoms with Crippen LogP contribution in [0.2, 0.25) is 5.02 Å². The first-order valence-corrected chi connectivity index (χ1v) is 11.2. The van der Waals surface area contributed by atoms with E-state index in [0.29, 0.717) is 10.7 Å². The third kappa shape index (κ3) is 4.60. The Morgan fingerprint density at radius 2 is 1.76 bits per heavy atom. The maximum atomic E-state index is 13.2. The summed E-state index contributed by atoms with van der Waals surface area (Å²) in [6, 6.07) is 15.8. The highest BCUT2D eigenvalue weighted by Crippen LogP contribution is 2.31. The van der Waals surface area contributed by atoms with Crippen molar-refractivity contribution < 1.29 is 18.0 Å². The minimum atomic E-state index is -3.66. The van der Waals surface area contributed by atoms with Crippen LogP contribution in [0.3, 0.4) is 0 Å². The van der Waals surface area contributed by atoms with E-state index in [1.54, 1.807) is 31.2 Å². The van der Waals surface area contributed by atoms with Gasteiger partial charge in [-0.25, -0.2) is 8.42 Å². The van der Waals surface area contributed by atoms with Gasteiger partial charge >= 0.3 is 0 Å². The van der Waals surface area contributed by atoms with Crippen molar-refractivity contribution in [1.29, 1.82) is 0 Å². The van der Waals surface area contributed by atoms with Crippen LogP contribution in [-0.4, -0.2) is 49.4 Å². The molecular formula is C20H22ClN3O4S. The molecule has 9 heteroatoms. The van der Waals surface area contributed by atoms with Crippen LogP contribution in [0.25, 0.3) is 0 Å². The summed E-state index contributed by atoms with van der Waals surface area (Å²) in [5, 5.41) is 3.32. The van der Waals surface area contributed by atoms with Crippen molar-refractivity contribution in [1.82, 2.24) is 9.62 Å². The van der Waals surface area contributed by atoms with Crippen LogP contribution in [0.1, 0.15) is 12.5 Å². The van der Waals surface area contributed by atoms with Gasteiger partial charge in [-0.2, -0.15) is 4.31 Å². The molecule has 2 aromatic carbocycles. The maximum Gasteiger partial charge on any atom is 0.247 e. The average Bonchev–Trinajstić information content (AvgIpc) is 2.67. The molecule has 0 saturated carbocycles. The van der Waals surface area contributed by atoms with Gasteiger partial charge in [-0.1, -0.05) is 41.9 Å². The fraction of sp³-hybridized carbons (Fsp3) is 0.300. The number of carbonyl (C=O) groups is 2. The van der Waals surface area contributed by atoms with Crippen LogP contribution in [0, 0.1) is 0 Å². The van der Waals surface area contributed by atoms with E-state index in [2.05, 4.69) is 5.32 Å². The lowest BCUT2D eigenvalue weighted by Crippen LogP contribution is -2.70. The number of rotatable bonds is 5. The normalized spacial score (nSPS) is 20.5. The smallest absolute Gasteiger partial charge is 0.247 e. The molecule has 1 unspecified atom stereocenters. The van der Waals surface area contributed by atoms with Crippen molar-refractivity contribution in [2.75, 3.05) is 24.2 Å². The van der Waals surface area contributed by atoms with Crippen LogP contribution in [0.4, 0.5) is 5.69 Å². The van der Waals surface area contributed by atoms with E-state index in [-0.39, 0.29) is 19.6 Å². The Bertz CT molecular complexity index is 1010. The Balaban J connectivity index is 1.95. The van der Waals surface area contributed by atoms with Crippen molar-refractivity contribution in [2.24, 2.45) is 0 Å². The molecule has 0 aromatic heterocycles. The van der Waals surface area contributed by atoms with Gasteiger partial charge in [0.1, 0.15) is 5.54 Å². The summed E-state index contributed by atoms with van der Waals surface area (Å²) in [4.78, 5) is 27.5. The molecule has 3 rings (SSSR count). The second-order valence-corrected chi connectivity index (χ2v) is 9.60. The molecule has 1 fully saturated rings. The van der Waals surface area contributed by atoms with Gasteiger partial charge in [-0.3, -0.25) is 14.5 Å². The SMILES string of the molecule is CC1(C(=O)NCc2ccccc2)CN(S(C)(=O)=O)CC(=O)N1c1ccc(Cl)cc1. The molecule has 1 aliphatic heterocycles. The lowest BCUT2D eigenvalue weighted by Gasteiger charge is -2.46. The number of halogens is 1. The summed E-state index contributed by atoms with van der Waals surface area (Å²) in [5.41, 5.74) is -0.0596. The number of nitrogens with one attached hydrogen (secondary N) is 1. The van der Waals surface area contributed by atoms with Gasteiger partial charge in [0.05, 0.1) is 12.8 Å². The van der Waals surface area contributed by atoms with Gasteiger partial charge in [-0.05, 0) is 36.8 Å². The van der Waals surface area contributed by atoms with Gasteiger partial charge in [0.2, 0.25) is 21.8 Å². The molecule has 0 aliphatic carbocycles. The van der Waals surface area contributed by atoms with Crippen molar-refractivity contribution in [3.05, 3.63) is 65.2 Å². The molecule has 1 N–H and O–H groups in total. The molecule has 0 radical (unpaired) electrons. The fourth-order valence-electron chi connectivity index (χ4n) is 3.36. The van der Waals surface area contributed by atoms with Crippen molar-refractivity contribution in [2.45, 2.75) is 19.0 Å². The lowest BCUT2D eigenvalue weighted by molar-refractivity contribution is -0.133. The summed E-state index contributed by atoms with van der Waals surface area (Å²) in [6.45, 7) is 1.35. The Labute approximate surface area is 175 Å². The number of sulfonamides is 1. The molecule has 154 valence electrons. The molecule has 2 aromatic rings. The molecular weight excluding hydrogens is 414 g/mol. The van der Waals surface area contributed by atoms with E-state index >= 15 is 0 Å². The number of carbonyl (C=O) groups excluding carboxylic acids is 2. The minimum absolute atomic E-state index is 0.152. The fourth-order valence-corrected chi connectivity index (χ4v) is 4.32. The molecule has 1 aliphatic rings. The largest absolute Gasteiger partial charge is 0.350 e. The number of amides is 2. The van der Waals surface area contributed by atoms with Crippen LogP contribution in [0.15, 0.2) is 54.6 Å². The Kier molecular flexibility index (Phi) is 5.97. The molecule has 1 atom stereocenters. The van der Waals surface area contributed by atoms with Gasteiger partial charge in [0.15, 0.2) is 0 Å². The van der Waals surface area contributed by atoms with Crippen LogP contribution < -0.4 is 10.2 Å². The van der Waals surface area contributed by atoms with Crippen molar-refractivity contribution in [3.8, 4) is 0 Å². The third-order valence-corrected chi connectivity index (χ3v) is 6.33. The number of hydrogen-bond acceptors (Lipinski definition) is 4. The third-order valence-electron chi connectivity index (χ3n) is 4.88. The van der Waals surface area contributed by atoms with E-state index in [4.69, 9.17) is 11.6 Å². The van der Waals surface area contributed by atoms with E-state index in [0.717, 1.165) is 16.1 Å². The molecule has 1 saturated heterocycles. The zero-order valence-electron chi connectivity index (χ0n) is 16.1. The van der Waals surface area contributed by atoms with Crippen LogP contribution in [0.5, 0.6) is 0 Å². The van der Waals surface area contributed by atoms with Gasteiger partial charge in [0, 0.05) is 23.8 Å². The first-order valence-electron chi connectivity index (χ1n) is 8.97. The van der Waals surface area contributed by atoms with Crippen LogP contribution in [-0.2, 0) is 26.2 Å². The lowest BCUT2D eigenvalue weighted by atomic mass is 9.94. The Morgan fingerprint density at radius 3 is 2.34 bits per heavy atom. The highest BCUT2D eigenvalue weighted by atomic mass is 35.5. The molecule has 0 bridgehead atoms. The predicted molar refractivity (Wildman–Crippen MR) is 112 cm³/mol. The molecule has 7 nitrogen and oxygen atoms in total. The number of nitrogens with zero attached hydrogens (tertiary/aromatic N) is 2. The standard InChI is InChI=1S/C20H22ClN3O4S/c1-20(19(26)22-12-15-6-4-3-5-7-15)14-23(29(2,27)28)13-18(25)24(20)17-10-8-16(21)9-11-17/h3-11H,12-14H2,1-2H3,(H,22,26). The second kappa shape index (κ2) is 8.14. The van der Waals surface area contributed by atoms with E-state index in [1.165, 1.54) is 4.90 Å². The highest BCUT2D eigenvalue weighted by Gasteiger charge is 2.50. The van der Waals surface area contributed by atoms with Crippen molar-refractivity contribution >= 4 is 39.1 Å². The first-order chi connectivity index (χ1) is 13.6. The van der Waals surface area contributed by atoms with Crippen molar-refractivity contribution in [3.63, 3.8) is 0 Å². The topological polar surface area (TPSA) is 86.8 Å². The highest BCUT2D eigenvalue weighted by molar-refractivity contribution is 7.88. The predicted octanol–water partition coefficient (Wildman–Crippen LogP) is 2.02. The number of piperazine rings is 1. The molecule has 1 heterocycles. The molecule has 29 heavy (non-hydrogen) atoms. The zero-order valence-corrected chi connectivity index (χ0v) is 17.7. The van der Waals surface area contributed by atoms with Gasteiger partial charge in [-0.15, -0.1) is 0 Å². The quantitative estimate of drug-likeness (QED) is 0.778. The minimum Gasteiger partial charge on any atom is -0.350 e. The second-order valence-electron chi connectivity index (χ2n) is 7.18. The Morgan fingerprint density at radius 1 is 1.14 bits per heavy atom. The summed E-state index contributed by atoms with van der Waals surface area (Å²) in [5.74, 6) is -0.931. The summed E-state index contributed by atoms with van der Waals surface area (Å²) in [6.07, 6.45) is 1.03. The maximum absolute atomic E-state index is 13.2. The van der Waals surface area contributed by atoms with Gasteiger partial charge < -0.3 is 5.32 Å². The monoisotopic (exact) mass is 435 g/mol. The van der Waals surface area contributed by atoms with Crippen LogP contribution >= 0.6 is 11.6 Å². The average molecular weight is 436 g/mol. The van der Waals surface area contributed by atoms with E-state index in [9.17, 15) is 18.0 Å². The number of benzene rings is 2. The molecule has 2 amide bonds. The van der Waals surface area contributed by atoms with Gasteiger partial charge in [0.25, 0.3) is 0 Å². The summed E-state index contributed by atoms with van der Waals surface area (Å²) >= 11 is 5.95. The summed E-state index contributed by atoms with van der Waals surface area (Å²) < 4.78 is 25.3. The summed E-state index contributed by atoms with van der Waals surface area (Å²) in [7, 11) is -3.66. The molecule has 0 spiro atoms. The number of anilines is 1. The zero-order chi connectivity index (χ0) is 21.2. The first kappa shape index (κ1) is 21.3.